The Bertz CT molecular complexity index is 958. The predicted molar refractivity (Wildman–Crippen MR) is 108 cm³/mol. The van der Waals surface area contributed by atoms with E-state index in [0.717, 1.165) is 11.4 Å². The molecule has 1 saturated heterocycles. The highest BCUT2D eigenvalue weighted by atomic mass is 16.5. The Morgan fingerprint density at radius 3 is 2.48 bits per heavy atom. The van der Waals surface area contributed by atoms with Gasteiger partial charge in [-0.2, -0.15) is 0 Å². The maximum absolute atomic E-state index is 12.7. The average molecular weight is 391 g/mol. The quantitative estimate of drug-likeness (QED) is 0.705. The van der Waals surface area contributed by atoms with Gasteiger partial charge in [-0.05, 0) is 18.2 Å². The highest BCUT2D eigenvalue weighted by Gasteiger charge is 2.24. The van der Waals surface area contributed by atoms with Crippen LogP contribution >= 0.6 is 0 Å². The third kappa shape index (κ3) is 4.40. The van der Waals surface area contributed by atoms with E-state index in [4.69, 9.17) is 4.74 Å². The van der Waals surface area contributed by atoms with Gasteiger partial charge in [0, 0.05) is 50.3 Å². The number of hydrogen-bond donors (Lipinski definition) is 1. The molecule has 0 unspecified atom stereocenters. The summed E-state index contributed by atoms with van der Waals surface area (Å²) in [4.78, 5) is 33.7. The summed E-state index contributed by atoms with van der Waals surface area (Å²) in [5, 5.41) is 3.15. The molecule has 1 aromatic carbocycles. The van der Waals surface area contributed by atoms with E-state index in [-0.39, 0.29) is 5.91 Å². The molecule has 2 aromatic heterocycles. The molecule has 1 N–H and O–H groups in total. The second-order valence-corrected chi connectivity index (χ2v) is 6.47. The molecule has 3 aromatic rings. The molecule has 4 rings (SSSR count). The number of ether oxygens (including phenoxy) is 1. The van der Waals surface area contributed by atoms with E-state index in [2.05, 4.69) is 30.2 Å². The zero-order chi connectivity index (χ0) is 20.1. The van der Waals surface area contributed by atoms with E-state index in [0.29, 0.717) is 43.6 Å². The standard InChI is InChI=1S/C20H21N7O2/c1-29-16-5-2-4-15(12-16)25-18-14-23-17(13-24-18)19(28)26-8-10-27(11-9-26)20-21-6-3-7-22-20/h2-7,12-14H,8-11H2,1H3,(H,24,25). The van der Waals surface area contributed by atoms with Gasteiger partial charge in [0.2, 0.25) is 5.95 Å². The topological polar surface area (TPSA) is 96.4 Å². The molecule has 9 nitrogen and oxygen atoms in total. The number of carbonyl (C=O) groups is 1. The Hall–Kier alpha value is -3.75. The number of rotatable bonds is 5. The van der Waals surface area contributed by atoms with Gasteiger partial charge >= 0.3 is 0 Å². The van der Waals surface area contributed by atoms with Crippen molar-refractivity contribution in [2.45, 2.75) is 0 Å². The van der Waals surface area contributed by atoms with Crippen LogP contribution < -0.4 is 15.0 Å². The van der Waals surface area contributed by atoms with Crippen molar-refractivity contribution < 1.29 is 9.53 Å². The van der Waals surface area contributed by atoms with Gasteiger partial charge in [0.1, 0.15) is 17.3 Å². The molecular weight excluding hydrogens is 370 g/mol. The van der Waals surface area contributed by atoms with Crippen LogP contribution in [0.1, 0.15) is 10.5 Å². The molecule has 0 saturated carbocycles. The van der Waals surface area contributed by atoms with E-state index in [1.54, 1.807) is 36.7 Å². The van der Waals surface area contributed by atoms with Crippen molar-refractivity contribution in [3.05, 3.63) is 60.8 Å². The van der Waals surface area contributed by atoms with Gasteiger partial charge in [0.05, 0.1) is 19.5 Å². The Labute approximate surface area is 168 Å². The first-order chi connectivity index (χ1) is 14.2. The highest BCUT2D eigenvalue weighted by Crippen LogP contribution is 2.20. The molecule has 0 radical (unpaired) electrons. The number of nitrogens with one attached hydrogen (secondary N) is 1. The van der Waals surface area contributed by atoms with E-state index >= 15 is 0 Å². The van der Waals surface area contributed by atoms with Gasteiger partial charge in [-0.25, -0.2) is 19.9 Å². The van der Waals surface area contributed by atoms with Crippen molar-refractivity contribution in [3.63, 3.8) is 0 Å². The molecule has 9 heteroatoms. The van der Waals surface area contributed by atoms with Gasteiger partial charge < -0.3 is 19.9 Å². The number of benzene rings is 1. The van der Waals surface area contributed by atoms with Gasteiger partial charge in [-0.1, -0.05) is 6.07 Å². The zero-order valence-corrected chi connectivity index (χ0v) is 16.0. The molecule has 0 spiro atoms. The molecule has 1 amide bonds. The fourth-order valence-electron chi connectivity index (χ4n) is 3.08. The summed E-state index contributed by atoms with van der Waals surface area (Å²) >= 11 is 0. The first-order valence-corrected chi connectivity index (χ1v) is 9.27. The minimum Gasteiger partial charge on any atom is -0.497 e. The fraction of sp³-hybridized carbons (Fsp3) is 0.250. The summed E-state index contributed by atoms with van der Waals surface area (Å²) in [6.07, 6.45) is 6.49. The van der Waals surface area contributed by atoms with Crippen LogP contribution in [0.4, 0.5) is 17.5 Å². The monoisotopic (exact) mass is 391 g/mol. The Morgan fingerprint density at radius 1 is 1.00 bits per heavy atom. The number of nitrogens with zero attached hydrogens (tertiary/aromatic N) is 6. The molecule has 1 fully saturated rings. The second-order valence-electron chi connectivity index (χ2n) is 6.47. The van der Waals surface area contributed by atoms with Crippen LogP contribution in [-0.4, -0.2) is 64.0 Å². The van der Waals surface area contributed by atoms with Gasteiger partial charge in [-0.15, -0.1) is 0 Å². The largest absolute Gasteiger partial charge is 0.497 e. The molecule has 148 valence electrons. The molecule has 3 heterocycles. The van der Waals surface area contributed by atoms with Crippen LogP contribution in [0.2, 0.25) is 0 Å². The van der Waals surface area contributed by atoms with Crippen molar-refractivity contribution in [3.8, 4) is 5.75 Å². The second kappa shape index (κ2) is 8.51. The van der Waals surface area contributed by atoms with Crippen LogP contribution in [0, 0.1) is 0 Å². The molecule has 0 bridgehead atoms. The maximum atomic E-state index is 12.7. The van der Waals surface area contributed by atoms with Gasteiger partial charge in [0.25, 0.3) is 5.91 Å². The van der Waals surface area contributed by atoms with E-state index in [9.17, 15) is 4.79 Å². The first kappa shape index (κ1) is 18.6. The van der Waals surface area contributed by atoms with Gasteiger partial charge in [-0.3, -0.25) is 4.79 Å². The van der Waals surface area contributed by atoms with Crippen LogP contribution in [0.25, 0.3) is 0 Å². The van der Waals surface area contributed by atoms with Crippen LogP contribution in [0.15, 0.2) is 55.1 Å². The fourth-order valence-corrected chi connectivity index (χ4v) is 3.08. The smallest absolute Gasteiger partial charge is 0.274 e. The summed E-state index contributed by atoms with van der Waals surface area (Å²) in [6.45, 7) is 2.53. The molecule has 1 aliphatic rings. The van der Waals surface area contributed by atoms with Crippen molar-refractivity contribution in [1.29, 1.82) is 0 Å². The number of carbonyl (C=O) groups excluding carboxylic acids is 1. The lowest BCUT2D eigenvalue weighted by molar-refractivity contribution is 0.0740. The summed E-state index contributed by atoms with van der Waals surface area (Å²) in [7, 11) is 1.62. The lowest BCUT2D eigenvalue weighted by Gasteiger charge is -2.34. The highest BCUT2D eigenvalue weighted by molar-refractivity contribution is 5.92. The zero-order valence-electron chi connectivity index (χ0n) is 16.0. The summed E-state index contributed by atoms with van der Waals surface area (Å²) in [6, 6.07) is 9.29. The molecule has 0 aliphatic carbocycles. The Balaban J connectivity index is 1.36. The third-order valence-electron chi connectivity index (χ3n) is 4.61. The van der Waals surface area contributed by atoms with Gasteiger partial charge in [0.15, 0.2) is 0 Å². The molecule has 29 heavy (non-hydrogen) atoms. The molecule has 1 aliphatic heterocycles. The SMILES string of the molecule is COc1cccc(Nc2cnc(C(=O)N3CCN(c4ncccn4)CC3)cn2)c1. The third-order valence-corrected chi connectivity index (χ3v) is 4.61. The number of amides is 1. The number of methoxy groups -OCH3 is 1. The Morgan fingerprint density at radius 2 is 1.79 bits per heavy atom. The summed E-state index contributed by atoms with van der Waals surface area (Å²) < 4.78 is 5.21. The number of aromatic nitrogens is 4. The lowest BCUT2D eigenvalue weighted by atomic mass is 10.3. The van der Waals surface area contributed by atoms with E-state index in [1.807, 2.05) is 24.3 Å². The first-order valence-electron chi connectivity index (χ1n) is 9.27. The van der Waals surface area contributed by atoms with Crippen LogP contribution in [0.3, 0.4) is 0 Å². The maximum Gasteiger partial charge on any atom is 0.274 e. The lowest BCUT2D eigenvalue weighted by Crippen LogP contribution is -2.49. The van der Waals surface area contributed by atoms with Crippen molar-refractivity contribution in [1.82, 2.24) is 24.8 Å². The van der Waals surface area contributed by atoms with Crippen molar-refractivity contribution >= 4 is 23.4 Å². The molecule has 0 atom stereocenters. The summed E-state index contributed by atoms with van der Waals surface area (Å²) in [5.74, 6) is 1.86. The predicted octanol–water partition coefficient (Wildman–Crippen LogP) is 1.98. The average Bonchev–Trinajstić information content (AvgIpc) is 2.80. The Kier molecular flexibility index (Phi) is 5.46. The van der Waals surface area contributed by atoms with Crippen molar-refractivity contribution in [2.75, 3.05) is 43.5 Å². The summed E-state index contributed by atoms with van der Waals surface area (Å²) in [5.41, 5.74) is 1.16. The van der Waals surface area contributed by atoms with Crippen LogP contribution in [0.5, 0.6) is 5.75 Å². The number of hydrogen-bond acceptors (Lipinski definition) is 8. The number of anilines is 3. The van der Waals surface area contributed by atoms with Crippen LogP contribution in [-0.2, 0) is 0 Å². The minimum atomic E-state index is -0.126. The van der Waals surface area contributed by atoms with E-state index in [1.165, 1.54) is 6.20 Å². The number of piperazine rings is 1. The van der Waals surface area contributed by atoms with Crippen molar-refractivity contribution in [2.24, 2.45) is 0 Å². The molecular formula is C20H21N7O2. The van der Waals surface area contributed by atoms with E-state index < -0.39 is 0 Å². The minimum absolute atomic E-state index is 0.126. The normalized spacial score (nSPS) is 13.8.